The second-order valence-corrected chi connectivity index (χ2v) is 7.53. The molecule has 2 rings (SSSR count). The number of carbonyl (C=O) groups is 2. The van der Waals surface area contributed by atoms with Gasteiger partial charge in [0.15, 0.2) is 5.78 Å². The van der Waals surface area contributed by atoms with Crippen LogP contribution in [0.4, 0.5) is 0 Å². The molecule has 166 valence electrons. The van der Waals surface area contributed by atoms with E-state index in [-0.39, 0.29) is 11.8 Å². The molecule has 5 heteroatoms. The molecule has 0 aliphatic carbocycles. The van der Waals surface area contributed by atoms with Crippen LogP contribution in [-0.4, -0.2) is 25.0 Å². The third kappa shape index (κ3) is 9.44. The number of esters is 1. The summed E-state index contributed by atoms with van der Waals surface area (Å²) in [5.41, 5.74) is 2.82. The number of hydrogen-bond acceptors (Lipinski definition) is 5. The summed E-state index contributed by atoms with van der Waals surface area (Å²) in [5, 5.41) is 8.82. The quantitative estimate of drug-likeness (QED) is 0.240. The summed E-state index contributed by atoms with van der Waals surface area (Å²) >= 11 is 0. The van der Waals surface area contributed by atoms with E-state index in [0.29, 0.717) is 30.8 Å². The number of rotatable bonds is 13. The zero-order valence-electron chi connectivity index (χ0n) is 18.5. The number of ether oxygens (including phenoxy) is 2. The van der Waals surface area contributed by atoms with Crippen molar-refractivity contribution in [1.29, 1.82) is 5.26 Å². The van der Waals surface area contributed by atoms with Crippen LogP contribution in [0.25, 0.3) is 6.08 Å². The van der Waals surface area contributed by atoms with Crippen LogP contribution in [0.2, 0.25) is 0 Å². The molecule has 0 saturated carbocycles. The van der Waals surface area contributed by atoms with E-state index in [4.69, 9.17) is 14.7 Å². The average Bonchev–Trinajstić information content (AvgIpc) is 2.80. The third-order valence-electron chi connectivity index (χ3n) is 4.69. The Morgan fingerprint density at radius 1 is 0.969 bits per heavy atom. The summed E-state index contributed by atoms with van der Waals surface area (Å²) in [7, 11) is 0. The van der Waals surface area contributed by atoms with E-state index in [1.54, 1.807) is 43.3 Å². The Bertz CT molecular complexity index is 966. The van der Waals surface area contributed by atoms with E-state index in [9.17, 15) is 9.59 Å². The van der Waals surface area contributed by atoms with Gasteiger partial charge in [-0.1, -0.05) is 36.9 Å². The fourth-order valence-corrected chi connectivity index (χ4v) is 2.86. The van der Waals surface area contributed by atoms with E-state index in [1.807, 2.05) is 24.3 Å². The van der Waals surface area contributed by atoms with Gasteiger partial charge >= 0.3 is 5.97 Å². The molecule has 0 aliphatic rings. The summed E-state index contributed by atoms with van der Waals surface area (Å²) in [6, 6.07) is 16.7. The van der Waals surface area contributed by atoms with Crippen LogP contribution in [-0.2, 0) is 20.7 Å². The fraction of sp³-hybridized carbons (Fsp3) is 0.296. The van der Waals surface area contributed by atoms with Crippen LogP contribution in [0.1, 0.15) is 49.3 Å². The fourth-order valence-electron chi connectivity index (χ4n) is 2.86. The van der Waals surface area contributed by atoms with Crippen LogP contribution in [0.15, 0.2) is 66.8 Å². The van der Waals surface area contributed by atoms with E-state index in [1.165, 1.54) is 0 Å². The summed E-state index contributed by atoms with van der Waals surface area (Å²) in [6.07, 6.45) is 7.42. The maximum atomic E-state index is 12.1. The molecule has 0 unspecified atom stereocenters. The number of carbonyl (C=O) groups excluding carboxylic acids is 2. The van der Waals surface area contributed by atoms with Crippen LogP contribution in [0.3, 0.4) is 0 Å². The van der Waals surface area contributed by atoms with Crippen molar-refractivity contribution < 1.29 is 19.1 Å². The summed E-state index contributed by atoms with van der Waals surface area (Å²) < 4.78 is 10.8. The maximum Gasteiger partial charge on any atom is 0.333 e. The van der Waals surface area contributed by atoms with Gasteiger partial charge in [0.25, 0.3) is 0 Å². The maximum absolute atomic E-state index is 12.1. The number of benzene rings is 2. The van der Waals surface area contributed by atoms with Crippen molar-refractivity contribution >= 4 is 17.8 Å². The largest absolute Gasteiger partial charge is 0.494 e. The summed E-state index contributed by atoms with van der Waals surface area (Å²) in [6.45, 7) is 6.25. The molecule has 0 atom stereocenters. The van der Waals surface area contributed by atoms with Crippen LogP contribution < -0.4 is 4.74 Å². The Labute approximate surface area is 190 Å². The number of hydrogen-bond donors (Lipinski definition) is 0. The van der Waals surface area contributed by atoms with Gasteiger partial charge in [-0.2, -0.15) is 5.26 Å². The number of ketones is 1. The Morgan fingerprint density at radius 3 is 2.25 bits per heavy atom. The topological polar surface area (TPSA) is 76.4 Å². The molecule has 0 amide bonds. The zero-order valence-corrected chi connectivity index (χ0v) is 18.5. The van der Waals surface area contributed by atoms with E-state index >= 15 is 0 Å². The highest BCUT2D eigenvalue weighted by molar-refractivity contribution is 5.95. The molecule has 0 radical (unpaired) electrons. The first-order chi connectivity index (χ1) is 15.5. The van der Waals surface area contributed by atoms with Crippen molar-refractivity contribution in [3.63, 3.8) is 0 Å². The van der Waals surface area contributed by atoms with Crippen molar-refractivity contribution in [1.82, 2.24) is 0 Å². The van der Waals surface area contributed by atoms with E-state index < -0.39 is 0 Å². The predicted octanol–water partition coefficient (Wildman–Crippen LogP) is 5.44. The minimum Gasteiger partial charge on any atom is -0.494 e. The van der Waals surface area contributed by atoms with Gasteiger partial charge in [0.05, 0.1) is 24.8 Å². The molecule has 0 heterocycles. The molecular weight excluding hydrogens is 402 g/mol. The first-order valence-electron chi connectivity index (χ1n) is 10.7. The Hall–Kier alpha value is -3.65. The number of nitriles is 1. The molecule has 2 aromatic carbocycles. The molecule has 0 spiro atoms. The lowest BCUT2D eigenvalue weighted by Crippen LogP contribution is -2.06. The molecule has 0 bridgehead atoms. The highest BCUT2D eigenvalue weighted by atomic mass is 16.5. The van der Waals surface area contributed by atoms with Crippen molar-refractivity contribution in [2.45, 2.75) is 39.0 Å². The van der Waals surface area contributed by atoms with Crippen LogP contribution in [0, 0.1) is 11.3 Å². The number of nitrogens with zero attached hydrogens (tertiary/aromatic N) is 1. The standard InChI is InChI=1S/C27H29NO4/c1-21(2)27(30)32-18-6-4-3-5-17-31-26-15-12-22(13-16-26)11-14-25(29)19-23-7-9-24(20-28)10-8-23/h7-16H,1,3-6,17-19H2,2H3/b14-11+. The zero-order chi connectivity index (χ0) is 23.2. The lowest BCUT2D eigenvalue weighted by molar-refractivity contribution is -0.139. The SMILES string of the molecule is C=C(C)C(=O)OCCCCCCOc1ccc(/C=C/C(=O)Cc2ccc(C#N)cc2)cc1. The van der Waals surface area contributed by atoms with Gasteiger partial charge in [0, 0.05) is 12.0 Å². The van der Waals surface area contributed by atoms with Gasteiger partial charge in [-0.05, 0) is 74.1 Å². The summed E-state index contributed by atoms with van der Waals surface area (Å²) in [5.74, 6) is 0.466. The van der Waals surface area contributed by atoms with E-state index in [0.717, 1.165) is 42.6 Å². The van der Waals surface area contributed by atoms with Gasteiger partial charge in [-0.25, -0.2) is 4.79 Å². The minimum atomic E-state index is -0.331. The molecule has 0 N–H and O–H groups in total. The predicted molar refractivity (Wildman–Crippen MR) is 125 cm³/mol. The molecule has 32 heavy (non-hydrogen) atoms. The molecule has 0 aromatic heterocycles. The Morgan fingerprint density at radius 2 is 1.62 bits per heavy atom. The van der Waals surface area contributed by atoms with Crippen molar-refractivity contribution in [3.8, 4) is 11.8 Å². The lowest BCUT2D eigenvalue weighted by atomic mass is 10.1. The van der Waals surface area contributed by atoms with Gasteiger partial charge in [-0.15, -0.1) is 0 Å². The smallest absolute Gasteiger partial charge is 0.333 e. The molecule has 2 aromatic rings. The van der Waals surface area contributed by atoms with Gasteiger partial charge in [-0.3, -0.25) is 4.79 Å². The van der Waals surface area contributed by atoms with Crippen LogP contribution >= 0.6 is 0 Å². The molecular formula is C27H29NO4. The lowest BCUT2D eigenvalue weighted by Gasteiger charge is -2.07. The first-order valence-corrected chi connectivity index (χ1v) is 10.7. The van der Waals surface area contributed by atoms with Gasteiger partial charge < -0.3 is 9.47 Å². The molecule has 0 aliphatic heterocycles. The first kappa shape index (κ1) is 24.6. The highest BCUT2D eigenvalue weighted by Crippen LogP contribution is 2.14. The van der Waals surface area contributed by atoms with Crippen molar-refractivity contribution in [2.24, 2.45) is 0 Å². The highest BCUT2D eigenvalue weighted by Gasteiger charge is 2.02. The molecule has 0 fully saturated rings. The number of allylic oxidation sites excluding steroid dienone is 1. The second-order valence-electron chi connectivity index (χ2n) is 7.53. The monoisotopic (exact) mass is 431 g/mol. The summed E-state index contributed by atoms with van der Waals surface area (Å²) in [4.78, 5) is 23.4. The van der Waals surface area contributed by atoms with Gasteiger partial charge in [0.2, 0.25) is 0 Å². The van der Waals surface area contributed by atoms with Crippen molar-refractivity contribution in [3.05, 3.63) is 83.4 Å². The Balaban J connectivity index is 1.63. The molecule has 5 nitrogen and oxygen atoms in total. The number of unbranched alkanes of at least 4 members (excludes halogenated alkanes) is 3. The average molecular weight is 432 g/mol. The Kier molecular flexibility index (Phi) is 10.5. The van der Waals surface area contributed by atoms with Gasteiger partial charge in [0.1, 0.15) is 5.75 Å². The van der Waals surface area contributed by atoms with E-state index in [2.05, 4.69) is 12.6 Å². The third-order valence-corrected chi connectivity index (χ3v) is 4.69. The van der Waals surface area contributed by atoms with Crippen LogP contribution in [0.5, 0.6) is 5.75 Å². The normalized spacial score (nSPS) is 10.5. The van der Waals surface area contributed by atoms with Crippen molar-refractivity contribution in [2.75, 3.05) is 13.2 Å². The molecule has 0 saturated heterocycles. The minimum absolute atomic E-state index is 0.00410. The second kappa shape index (κ2) is 13.6.